The van der Waals surface area contributed by atoms with Gasteiger partial charge in [0.2, 0.25) is 0 Å². The van der Waals surface area contributed by atoms with Gasteiger partial charge in [0.15, 0.2) is 0 Å². The summed E-state index contributed by atoms with van der Waals surface area (Å²) in [7, 11) is 0. The third kappa shape index (κ3) is 1.63. The molecular weight excluding hydrogens is 146 g/mol. The molecule has 1 aromatic rings. The van der Waals surface area contributed by atoms with Gasteiger partial charge in [-0.1, -0.05) is 17.7 Å². The van der Waals surface area contributed by atoms with Gasteiger partial charge in [-0.15, -0.1) is 0 Å². The van der Waals surface area contributed by atoms with Crippen LogP contribution in [0.5, 0.6) is 0 Å². The standard InChI is InChI=1S/C11H13N/c1-5-12-11-9(3)6-8(2)7-10(11)4/h6-7H,1H2,2-4H3. The first-order valence-electron chi connectivity index (χ1n) is 3.96. The monoisotopic (exact) mass is 159 g/mol. The molecule has 1 nitrogen and oxygen atoms in total. The summed E-state index contributed by atoms with van der Waals surface area (Å²) in [4.78, 5) is 4.09. The van der Waals surface area contributed by atoms with Gasteiger partial charge in [0.05, 0.1) is 5.69 Å². The molecule has 0 amide bonds. The lowest BCUT2D eigenvalue weighted by molar-refractivity contribution is 1.29. The van der Waals surface area contributed by atoms with Crippen LogP contribution in [0.25, 0.3) is 0 Å². The molecule has 1 rings (SSSR count). The Bertz CT molecular complexity index is 321. The second-order valence-electron chi connectivity index (χ2n) is 3.02. The SMILES string of the molecule is C=C=Nc1c(C)cc(C)cc1C. The molecular formula is C11H13N. The minimum atomic E-state index is 0.996. The first-order valence-corrected chi connectivity index (χ1v) is 3.96. The molecule has 0 atom stereocenters. The van der Waals surface area contributed by atoms with Crippen LogP contribution < -0.4 is 0 Å². The average Bonchev–Trinajstić information content (AvgIpc) is 1.96. The van der Waals surface area contributed by atoms with Gasteiger partial charge < -0.3 is 0 Å². The van der Waals surface area contributed by atoms with Crippen LogP contribution >= 0.6 is 0 Å². The van der Waals surface area contributed by atoms with Gasteiger partial charge in [0.1, 0.15) is 0 Å². The predicted molar refractivity (Wildman–Crippen MR) is 53.4 cm³/mol. The smallest absolute Gasteiger partial charge is 0.0787 e. The highest BCUT2D eigenvalue weighted by molar-refractivity contribution is 5.62. The molecule has 0 saturated heterocycles. The van der Waals surface area contributed by atoms with E-state index in [1.807, 2.05) is 0 Å². The van der Waals surface area contributed by atoms with Crippen LogP contribution in [0.2, 0.25) is 0 Å². The van der Waals surface area contributed by atoms with Crippen molar-refractivity contribution >= 4 is 11.6 Å². The summed E-state index contributed by atoms with van der Waals surface area (Å²) in [5, 5.41) is 0. The number of benzene rings is 1. The van der Waals surface area contributed by atoms with Crippen LogP contribution in [0, 0.1) is 20.8 Å². The maximum absolute atomic E-state index is 4.09. The first-order chi connectivity index (χ1) is 5.65. The van der Waals surface area contributed by atoms with Crippen LogP contribution in [0.3, 0.4) is 0 Å². The fraction of sp³-hybridized carbons (Fsp3) is 0.273. The number of aliphatic imine (C=N–C) groups is 1. The fourth-order valence-electron chi connectivity index (χ4n) is 1.43. The van der Waals surface area contributed by atoms with Crippen molar-refractivity contribution in [3.8, 4) is 0 Å². The Hall–Kier alpha value is -1.33. The molecule has 0 aliphatic rings. The highest BCUT2D eigenvalue weighted by Crippen LogP contribution is 2.23. The minimum Gasteiger partial charge on any atom is -0.206 e. The molecule has 62 valence electrons. The summed E-state index contributed by atoms with van der Waals surface area (Å²) in [6.07, 6.45) is 0. The first kappa shape index (κ1) is 8.76. The third-order valence-corrected chi connectivity index (χ3v) is 1.83. The Labute approximate surface area is 73.5 Å². The Morgan fingerprint density at radius 1 is 1.17 bits per heavy atom. The Balaban J connectivity index is 3.37. The zero-order chi connectivity index (χ0) is 9.14. The van der Waals surface area contributed by atoms with E-state index in [2.05, 4.69) is 50.3 Å². The molecule has 0 N–H and O–H groups in total. The van der Waals surface area contributed by atoms with E-state index >= 15 is 0 Å². The van der Waals surface area contributed by atoms with Crippen LogP contribution in [0.1, 0.15) is 16.7 Å². The predicted octanol–water partition coefficient (Wildman–Crippen LogP) is 3.10. The summed E-state index contributed by atoms with van der Waals surface area (Å²) < 4.78 is 0. The molecule has 0 aliphatic heterocycles. The highest BCUT2D eigenvalue weighted by atomic mass is 14.7. The summed E-state index contributed by atoms with van der Waals surface area (Å²) in [5.41, 5.74) is 4.64. The van der Waals surface area contributed by atoms with Gasteiger partial charge in [0, 0.05) is 0 Å². The second kappa shape index (κ2) is 3.38. The molecule has 1 heteroatoms. The van der Waals surface area contributed by atoms with Crippen LogP contribution in [0.15, 0.2) is 23.7 Å². The lowest BCUT2D eigenvalue weighted by Gasteiger charge is -2.04. The Kier molecular flexibility index (Phi) is 2.47. The van der Waals surface area contributed by atoms with Crippen molar-refractivity contribution in [1.82, 2.24) is 0 Å². The molecule has 0 radical (unpaired) electrons. The van der Waals surface area contributed by atoms with Crippen molar-refractivity contribution in [2.24, 2.45) is 4.99 Å². The van der Waals surface area contributed by atoms with Gasteiger partial charge in [-0.05, 0) is 44.3 Å². The third-order valence-electron chi connectivity index (χ3n) is 1.83. The number of hydrogen-bond acceptors (Lipinski definition) is 1. The Morgan fingerprint density at radius 2 is 1.67 bits per heavy atom. The average molecular weight is 159 g/mol. The molecule has 0 unspecified atom stereocenters. The molecule has 12 heavy (non-hydrogen) atoms. The Morgan fingerprint density at radius 3 is 2.08 bits per heavy atom. The molecule has 0 aromatic heterocycles. The molecule has 1 aromatic carbocycles. The van der Waals surface area contributed by atoms with Crippen LogP contribution in [0.4, 0.5) is 5.69 Å². The van der Waals surface area contributed by atoms with E-state index in [9.17, 15) is 0 Å². The normalized spacial score (nSPS) is 9.25. The van der Waals surface area contributed by atoms with Crippen molar-refractivity contribution in [3.05, 3.63) is 35.4 Å². The topological polar surface area (TPSA) is 12.4 Å². The van der Waals surface area contributed by atoms with Crippen molar-refractivity contribution in [3.63, 3.8) is 0 Å². The number of hydrogen-bond donors (Lipinski definition) is 0. The second-order valence-corrected chi connectivity index (χ2v) is 3.02. The zero-order valence-corrected chi connectivity index (χ0v) is 7.81. The minimum absolute atomic E-state index is 0.996. The van der Waals surface area contributed by atoms with E-state index < -0.39 is 0 Å². The van der Waals surface area contributed by atoms with E-state index in [1.165, 1.54) is 16.7 Å². The van der Waals surface area contributed by atoms with Gasteiger partial charge in [-0.2, -0.15) is 0 Å². The summed E-state index contributed by atoms with van der Waals surface area (Å²) in [6.45, 7) is 9.66. The lowest BCUT2D eigenvalue weighted by Crippen LogP contribution is -1.82. The van der Waals surface area contributed by atoms with E-state index in [0.29, 0.717) is 0 Å². The van der Waals surface area contributed by atoms with Crippen molar-refractivity contribution in [1.29, 1.82) is 0 Å². The highest BCUT2D eigenvalue weighted by Gasteiger charge is 2.00. The molecule has 0 fully saturated rings. The largest absolute Gasteiger partial charge is 0.206 e. The van der Waals surface area contributed by atoms with Crippen LogP contribution in [-0.4, -0.2) is 5.87 Å². The van der Waals surface area contributed by atoms with E-state index in [-0.39, 0.29) is 0 Å². The van der Waals surface area contributed by atoms with Gasteiger partial charge in [-0.25, -0.2) is 4.99 Å². The van der Waals surface area contributed by atoms with Crippen molar-refractivity contribution < 1.29 is 0 Å². The number of aryl methyl sites for hydroxylation is 3. The van der Waals surface area contributed by atoms with Gasteiger partial charge >= 0.3 is 0 Å². The van der Waals surface area contributed by atoms with E-state index in [0.717, 1.165) is 5.69 Å². The quantitative estimate of drug-likeness (QED) is 0.558. The maximum atomic E-state index is 4.09. The van der Waals surface area contributed by atoms with Crippen molar-refractivity contribution in [2.75, 3.05) is 0 Å². The fourth-order valence-corrected chi connectivity index (χ4v) is 1.43. The maximum Gasteiger partial charge on any atom is 0.0787 e. The molecule has 0 aliphatic carbocycles. The summed E-state index contributed by atoms with van der Waals surface area (Å²) >= 11 is 0. The zero-order valence-electron chi connectivity index (χ0n) is 7.81. The lowest BCUT2D eigenvalue weighted by atomic mass is 10.1. The molecule has 0 heterocycles. The summed E-state index contributed by atoms with van der Waals surface area (Å²) in [6, 6.07) is 4.23. The van der Waals surface area contributed by atoms with Crippen molar-refractivity contribution in [2.45, 2.75) is 20.8 Å². The van der Waals surface area contributed by atoms with Gasteiger partial charge in [0.25, 0.3) is 0 Å². The molecule has 0 bridgehead atoms. The summed E-state index contributed by atoms with van der Waals surface area (Å²) in [5.74, 6) is 2.56. The number of nitrogens with zero attached hydrogens (tertiary/aromatic N) is 1. The van der Waals surface area contributed by atoms with Crippen LogP contribution in [-0.2, 0) is 0 Å². The number of rotatable bonds is 1. The van der Waals surface area contributed by atoms with E-state index in [4.69, 9.17) is 0 Å². The molecule has 0 spiro atoms. The van der Waals surface area contributed by atoms with E-state index in [1.54, 1.807) is 0 Å². The van der Waals surface area contributed by atoms with Gasteiger partial charge in [-0.3, -0.25) is 0 Å². The molecule has 0 saturated carbocycles.